The second kappa shape index (κ2) is 8.89. The molecule has 1 saturated heterocycles. The van der Waals surface area contributed by atoms with E-state index in [1.165, 1.54) is 37.7 Å². The third kappa shape index (κ3) is 4.59. The topological polar surface area (TPSA) is 72.9 Å². The van der Waals surface area contributed by atoms with Crippen LogP contribution in [0.1, 0.15) is 73.3 Å². The smallest absolute Gasteiger partial charge is 0.239 e. The van der Waals surface area contributed by atoms with E-state index in [4.69, 9.17) is 4.52 Å². The third-order valence-corrected chi connectivity index (χ3v) is 6.89. The van der Waals surface area contributed by atoms with Gasteiger partial charge in [-0.25, -0.2) is 0 Å². The van der Waals surface area contributed by atoms with E-state index >= 15 is 0 Å². The van der Waals surface area contributed by atoms with Gasteiger partial charge in [0.05, 0.1) is 18.3 Å². The predicted molar refractivity (Wildman–Crippen MR) is 115 cm³/mol. The highest BCUT2D eigenvalue weighted by atomic mass is 32.2. The second-order valence-electron chi connectivity index (χ2n) is 8.33. The Hall–Kier alpha value is -2.19. The van der Waals surface area contributed by atoms with Crippen LogP contribution in [0.15, 0.2) is 40.0 Å². The molecule has 0 N–H and O–H groups in total. The van der Waals surface area contributed by atoms with Crippen molar-refractivity contribution in [3.05, 3.63) is 53.4 Å². The summed E-state index contributed by atoms with van der Waals surface area (Å²) in [4.78, 5) is 7.11. The summed E-state index contributed by atoms with van der Waals surface area (Å²) in [5, 5.41) is 14.2. The first-order valence-corrected chi connectivity index (χ1v) is 11.8. The number of aromatic nitrogens is 5. The molecular formula is C22H28N6OS. The van der Waals surface area contributed by atoms with Crippen LogP contribution >= 0.6 is 11.8 Å². The van der Waals surface area contributed by atoms with Gasteiger partial charge in [-0.05, 0) is 51.3 Å². The summed E-state index contributed by atoms with van der Waals surface area (Å²) in [7, 11) is 0. The van der Waals surface area contributed by atoms with Crippen molar-refractivity contribution < 1.29 is 4.52 Å². The Kier molecular flexibility index (Phi) is 5.86. The van der Waals surface area contributed by atoms with Crippen LogP contribution in [0, 0.1) is 0 Å². The van der Waals surface area contributed by atoms with E-state index in [2.05, 4.69) is 67.1 Å². The lowest BCUT2D eigenvalue weighted by Crippen LogP contribution is -2.30. The molecule has 1 aliphatic heterocycles. The summed E-state index contributed by atoms with van der Waals surface area (Å²) < 4.78 is 7.79. The molecule has 158 valence electrons. The molecule has 5 rings (SSSR count). The van der Waals surface area contributed by atoms with Crippen LogP contribution < -0.4 is 0 Å². The lowest BCUT2D eigenvalue weighted by Gasteiger charge is -2.26. The number of hydrogen-bond acceptors (Lipinski definition) is 7. The Morgan fingerprint density at radius 3 is 2.63 bits per heavy atom. The summed E-state index contributed by atoms with van der Waals surface area (Å²) in [6.45, 7) is 6.00. The molecule has 1 atom stereocenters. The standard InChI is InChI=1S/C22H28N6OS/c1-16(21-23-20(26-29-21)18-10-11-18)30-22-25-24-19(15-27-12-6-3-7-13-27)28(22)14-17-8-4-2-5-9-17/h2,4-5,8-9,16,18H,3,6-7,10-15H2,1H3. The van der Waals surface area contributed by atoms with Crippen LogP contribution in [0.4, 0.5) is 0 Å². The fourth-order valence-electron chi connectivity index (χ4n) is 3.89. The van der Waals surface area contributed by atoms with Crippen LogP contribution in [0.2, 0.25) is 0 Å². The molecule has 0 amide bonds. The zero-order chi connectivity index (χ0) is 20.3. The number of rotatable bonds is 8. The molecule has 3 heterocycles. The van der Waals surface area contributed by atoms with Gasteiger partial charge < -0.3 is 9.09 Å². The van der Waals surface area contributed by atoms with E-state index in [0.29, 0.717) is 11.8 Å². The number of piperidine rings is 1. The van der Waals surface area contributed by atoms with Crippen LogP contribution in [0.5, 0.6) is 0 Å². The fourth-order valence-corrected chi connectivity index (χ4v) is 4.79. The number of nitrogens with zero attached hydrogens (tertiary/aromatic N) is 6. The van der Waals surface area contributed by atoms with E-state index in [1.807, 2.05) is 0 Å². The van der Waals surface area contributed by atoms with Gasteiger partial charge in [0.2, 0.25) is 5.89 Å². The lowest BCUT2D eigenvalue weighted by molar-refractivity contribution is 0.213. The summed E-state index contributed by atoms with van der Waals surface area (Å²) in [6, 6.07) is 10.5. The van der Waals surface area contributed by atoms with Crippen LogP contribution in [0.25, 0.3) is 0 Å². The van der Waals surface area contributed by atoms with Crippen LogP contribution in [-0.2, 0) is 13.1 Å². The number of thioether (sulfide) groups is 1. The molecule has 1 aromatic carbocycles. The molecule has 3 aromatic rings. The van der Waals surface area contributed by atoms with Gasteiger partial charge in [-0.1, -0.05) is 53.7 Å². The van der Waals surface area contributed by atoms with E-state index in [1.54, 1.807) is 11.8 Å². The Bertz CT molecular complexity index is 961. The van der Waals surface area contributed by atoms with Crippen molar-refractivity contribution in [2.24, 2.45) is 0 Å². The zero-order valence-corrected chi connectivity index (χ0v) is 18.2. The van der Waals surface area contributed by atoms with Crippen molar-refractivity contribution in [2.75, 3.05) is 13.1 Å². The van der Waals surface area contributed by atoms with Crippen molar-refractivity contribution in [1.29, 1.82) is 0 Å². The molecule has 1 unspecified atom stereocenters. The first-order chi connectivity index (χ1) is 14.8. The molecule has 30 heavy (non-hydrogen) atoms. The molecule has 0 radical (unpaired) electrons. The van der Waals surface area contributed by atoms with Crippen molar-refractivity contribution >= 4 is 11.8 Å². The lowest BCUT2D eigenvalue weighted by atomic mass is 10.1. The third-order valence-electron chi connectivity index (χ3n) is 5.82. The summed E-state index contributed by atoms with van der Waals surface area (Å²) in [5.41, 5.74) is 1.25. The maximum atomic E-state index is 5.54. The molecule has 1 aliphatic carbocycles. The van der Waals surface area contributed by atoms with Crippen LogP contribution in [0.3, 0.4) is 0 Å². The largest absolute Gasteiger partial charge is 0.338 e. The zero-order valence-electron chi connectivity index (χ0n) is 17.4. The van der Waals surface area contributed by atoms with Crippen molar-refractivity contribution in [1.82, 2.24) is 29.8 Å². The molecule has 7 nitrogen and oxygen atoms in total. The molecule has 2 aromatic heterocycles. The highest BCUT2D eigenvalue weighted by Crippen LogP contribution is 2.40. The number of hydrogen-bond donors (Lipinski definition) is 0. The molecule has 1 saturated carbocycles. The minimum Gasteiger partial charge on any atom is -0.338 e. The molecule has 0 spiro atoms. The minimum atomic E-state index is 0.0339. The average Bonchev–Trinajstić information content (AvgIpc) is 3.40. The second-order valence-corrected chi connectivity index (χ2v) is 9.64. The molecule has 0 bridgehead atoms. The van der Waals surface area contributed by atoms with Gasteiger partial charge in [-0.15, -0.1) is 10.2 Å². The van der Waals surface area contributed by atoms with E-state index < -0.39 is 0 Å². The Balaban J connectivity index is 1.36. The van der Waals surface area contributed by atoms with Gasteiger partial charge in [-0.3, -0.25) is 4.90 Å². The van der Waals surface area contributed by atoms with Gasteiger partial charge in [0.1, 0.15) is 5.82 Å². The normalized spacial score (nSPS) is 18.6. The summed E-state index contributed by atoms with van der Waals surface area (Å²) in [5.74, 6) is 3.06. The van der Waals surface area contributed by atoms with Gasteiger partial charge >= 0.3 is 0 Å². The quantitative estimate of drug-likeness (QED) is 0.495. The summed E-state index contributed by atoms with van der Waals surface area (Å²) in [6.07, 6.45) is 6.22. The fraction of sp³-hybridized carbons (Fsp3) is 0.545. The van der Waals surface area contributed by atoms with E-state index in [0.717, 1.165) is 43.0 Å². The Morgan fingerprint density at radius 2 is 1.87 bits per heavy atom. The monoisotopic (exact) mass is 424 g/mol. The first-order valence-electron chi connectivity index (χ1n) is 10.9. The summed E-state index contributed by atoms with van der Waals surface area (Å²) >= 11 is 1.65. The molecule has 8 heteroatoms. The highest BCUT2D eigenvalue weighted by molar-refractivity contribution is 7.99. The van der Waals surface area contributed by atoms with E-state index in [-0.39, 0.29) is 5.25 Å². The predicted octanol–water partition coefficient (Wildman–Crippen LogP) is 4.43. The SMILES string of the molecule is CC(Sc1nnc(CN2CCCCC2)n1Cc1ccccc1)c1nc(C2CC2)no1. The first kappa shape index (κ1) is 19.8. The van der Waals surface area contributed by atoms with Gasteiger partial charge in [-0.2, -0.15) is 4.98 Å². The number of likely N-dealkylation sites (tertiary alicyclic amines) is 1. The maximum absolute atomic E-state index is 5.54. The Morgan fingerprint density at radius 1 is 1.07 bits per heavy atom. The number of benzene rings is 1. The van der Waals surface area contributed by atoms with Gasteiger partial charge in [0.25, 0.3) is 0 Å². The molecule has 2 aliphatic rings. The highest BCUT2D eigenvalue weighted by Gasteiger charge is 2.30. The molecular weight excluding hydrogens is 396 g/mol. The average molecular weight is 425 g/mol. The van der Waals surface area contributed by atoms with Crippen molar-refractivity contribution in [2.45, 2.75) is 68.4 Å². The molecule has 2 fully saturated rings. The van der Waals surface area contributed by atoms with Gasteiger partial charge in [0, 0.05) is 5.92 Å². The van der Waals surface area contributed by atoms with Crippen molar-refractivity contribution in [3.8, 4) is 0 Å². The van der Waals surface area contributed by atoms with Gasteiger partial charge in [0.15, 0.2) is 11.0 Å². The maximum Gasteiger partial charge on any atom is 0.239 e. The van der Waals surface area contributed by atoms with Crippen LogP contribution in [-0.4, -0.2) is 42.9 Å². The van der Waals surface area contributed by atoms with E-state index in [9.17, 15) is 0 Å². The minimum absolute atomic E-state index is 0.0339. The van der Waals surface area contributed by atoms with Crippen molar-refractivity contribution in [3.63, 3.8) is 0 Å². The Labute approximate surface area is 181 Å².